The molecule has 1 aliphatic heterocycles. The molecule has 0 fully saturated rings. The summed E-state index contributed by atoms with van der Waals surface area (Å²) < 4.78 is 6.97. The molecule has 6 nitrogen and oxygen atoms in total. The maximum Gasteiger partial charge on any atom is 0.339 e. The first-order valence-corrected chi connectivity index (χ1v) is 7.06. The first-order chi connectivity index (χ1) is 10.5. The van der Waals surface area contributed by atoms with Crippen molar-refractivity contribution in [2.45, 2.75) is 19.1 Å². The molecule has 0 aliphatic carbocycles. The number of esters is 1. The number of carbonyl (C=O) groups is 2. The molecule has 2 heterocycles. The predicted molar refractivity (Wildman–Crippen MR) is 79.0 cm³/mol. The van der Waals surface area contributed by atoms with Gasteiger partial charge < -0.3 is 9.64 Å². The minimum Gasteiger partial charge on any atom is -0.448 e. The van der Waals surface area contributed by atoms with Crippen LogP contribution in [0.4, 0.5) is 0 Å². The summed E-state index contributed by atoms with van der Waals surface area (Å²) >= 11 is 0. The Morgan fingerprint density at radius 1 is 1.45 bits per heavy atom. The van der Waals surface area contributed by atoms with Gasteiger partial charge in [-0.1, -0.05) is 18.2 Å². The molecule has 1 aliphatic rings. The van der Waals surface area contributed by atoms with Gasteiger partial charge in [-0.2, -0.15) is 5.10 Å². The average molecular weight is 299 g/mol. The van der Waals surface area contributed by atoms with Crippen molar-refractivity contribution >= 4 is 11.9 Å². The van der Waals surface area contributed by atoms with Gasteiger partial charge in [0.05, 0.1) is 11.8 Å². The van der Waals surface area contributed by atoms with Crippen LogP contribution in [0.3, 0.4) is 0 Å². The van der Waals surface area contributed by atoms with Gasteiger partial charge in [0.25, 0.3) is 5.91 Å². The van der Waals surface area contributed by atoms with Crippen molar-refractivity contribution in [3.63, 3.8) is 0 Å². The molecule has 1 unspecified atom stereocenters. The van der Waals surface area contributed by atoms with Crippen molar-refractivity contribution < 1.29 is 14.3 Å². The molecule has 0 saturated carbocycles. The maximum atomic E-state index is 12.5. The van der Waals surface area contributed by atoms with Crippen LogP contribution in [-0.2, 0) is 29.5 Å². The van der Waals surface area contributed by atoms with Crippen molar-refractivity contribution in [1.82, 2.24) is 14.7 Å². The standard InChI is InChI=1S/C16H17N3O3/c1-18(9-11-8-17-19(2)10-11)15(20)14-7-12-5-3-4-6-13(12)16(21)22-14/h3-6,8,10,14H,7,9H2,1-2H3. The van der Waals surface area contributed by atoms with Gasteiger partial charge in [-0.05, 0) is 11.6 Å². The number of hydrogen-bond donors (Lipinski definition) is 0. The molecule has 1 atom stereocenters. The minimum absolute atomic E-state index is 0.202. The number of fused-ring (bicyclic) bond motifs is 1. The summed E-state index contributed by atoms with van der Waals surface area (Å²) in [7, 11) is 3.52. The number of rotatable bonds is 3. The number of hydrogen-bond acceptors (Lipinski definition) is 4. The van der Waals surface area contributed by atoms with Gasteiger partial charge in [0.15, 0.2) is 6.10 Å². The zero-order valence-electron chi connectivity index (χ0n) is 12.5. The Morgan fingerprint density at radius 2 is 2.23 bits per heavy atom. The van der Waals surface area contributed by atoms with Crippen LogP contribution in [0.1, 0.15) is 21.5 Å². The van der Waals surface area contributed by atoms with E-state index in [-0.39, 0.29) is 5.91 Å². The topological polar surface area (TPSA) is 64.4 Å². The Hall–Kier alpha value is -2.63. The molecular weight excluding hydrogens is 282 g/mol. The molecule has 0 N–H and O–H groups in total. The van der Waals surface area contributed by atoms with E-state index >= 15 is 0 Å². The largest absolute Gasteiger partial charge is 0.448 e. The van der Waals surface area contributed by atoms with Gasteiger partial charge in [0.2, 0.25) is 0 Å². The van der Waals surface area contributed by atoms with Crippen molar-refractivity contribution in [2.24, 2.45) is 7.05 Å². The summed E-state index contributed by atoms with van der Waals surface area (Å²) in [5.74, 6) is -0.637. The number of carbonyl (C=O) groups excluding carboxylic acids is 2. The summed E-state index contributed by atoms with van der Waals surface area (Å²) in [4.78, 5) is 26.0. The maximum absolute atomic E-state index is 12.5. The Labute approximate surface area is 128 Å². The Balaban J connectivity index is 1.72. The molecule has 6 heteroatoms. The third-order valence-electron chi connectivity index (χ3n) is 3.72. The second-order valence-electron chi connectivity index (χ2n) is 5.47. The monoisotopic (exact) mass is 299 g/mol. The molecule has 1 aromatic carbocycles. The van der Waals surface area contributed by atoms with E-state index in [9.17, 15) is 9.59 Å². The lowest BCUT2D eigenvalue weighted by molar-refractivity contribution is -0.140. The Bertz CT molecular complexity index is 723. The second kappa shape index (κ2) is 5.63. The highest BCUT2D eigenvalue weighted by molar-refractivity contribution is 5.95. The van der Waals surface area contributed by atoms with Crippen molar-refractivity contribution in [3.8, 4) is 0 Å². The molecule has 114 valence electrons. The van der Waals surface area contributed by atoms with Crippen molar-refractivity contribution in [1.29, 1.82) is 0 Å². The molecule has 0 radical (unpaired) electrons. The summed E-state index contributed by atoms with van der Waals surface area (Å²) in [6.07, 6.45) is 3.22. The molecule has 1 amide bonds. The molecule has 1 aromatic heterocycles. The van der Waals surface area contributed by atoms with Crippen molar-refractivity contribution in [2.75, 3.05) is 7.05 Å². The van der Waals surface area contributed by atoms with Crippen LogP contribution in [0.2, 0.25) is 0 Å². The van der Waals surface area contributed by atoms with Gasteiger partial charge in [-0.15, -0.1) is 0 Å². The number of ether oxygens (including phenoxy) is 1. The van der Waals surface area contributed by atoms with Gasteiger partial charge in [0, 0.05) is 38.8 Å². The van der Waals surface area contributed by atoms with Gasteiger partial charge >= 0.3 is 5.97 Å². The fraction of sp³-hybridized carbons (Fsp3) is 0.312. The summed E-state index contributed by atoms with van der Waals surface area (Å²) in [5, 5.41) is 4.08. The minimum atomic E-state index is -0.760. The summed E-state index contributed by atoms with van der Waals surface area (Å²) in [6.45, 7) is 0.433. The fourth-order valence-electron chi connectivity index (χ4n) is 2.62. The number of amides is 1. The third kappa shape index (κ3) is 2.72. The predicted octanol–water partition coefficient (Wildman–Crippen LogP) is 1.16. The number of cyclic esters (lactones) is 1. The van der Waals surface area contributed by atoms with Crippen LogP contribution in [0.15, 0.2) is 36.7 Å². The zero-order chi connectivity index (χ0) is 15.7. The van der Waals surface area contributed by atoms with Crippen LogP contribution in [0.25, 0.3) is 0 Å². The van der Waals surface area contributed by atoms with E-state index in [4.69, 9.17) is 4.74 Å². The van der Waals surface area contributed by atoms with E-state index in [1.165, 1.54) is 0 Å². The van der Waals surface area contributed by atoms with E-state index in [1.54, 1.807) is 35.0 Å². The van der Waals surface area contributed by atoms with E-state index in [1.807, 2.05) is 25.4 Å². The zero-order valence-corrected chi connectivity index (χ0v) is 12.5. The quantitative estimate of drug-likeness (QED) is 0.798. The smallest absolute Gasteiger partial charge is 0.339 e. The number of benzene rings is 1. The SMILES string of the molecule is CN(Cc1cnn(C)c1)C(=O)C1Cc2ccccc2C(=O)O1. The summed E-state index contributed by atoms with van der Waals surface area (Å²) in [6, 6.07) is 7.23. The van der Waals surface area contributed by atoms with Crippen LogP contribution in [0.5, 0.6) is 0 Å². The first-order valence-electron chi connectivity index (χ1n) is 7.06. The van der Waals surface area contributed by atoms with Crippen LogP contribution < -0.4 is 0 Å². The number of nitrogens with zero attached hydrogens (tertiary/aromatic N) is 3. The number of aryl methyl sites for hydroxylation is 1. The average Bonchev–Trinajstić information content (AvgIpc) is 2.91. The highest BCUT2D eigenvalue weighted by atomic mass is 16.5. The van der Waals surface area contributed by atoms with E-state index in [2.05, 4.69) is 5.10 Å². The van der Waals surface area contributed by atoms with Crippen LogP contribution in [0, 0.1) is 0 Å². The lowest BCUT2D eigenvalue weighted by Gasteiger charge is -2.27. The highest BCUT2D eigenvalue weighted by Gasteiger charge is 2.32. The first kappa shape index (κ1) is 14.3. The molecule has 0 saturated heterocycles. The van der Waals surface area contributed by atoms with E-state index < -0.39 is 12.1 Å². The molecular formula is C16H17N3O3. The normalized spacial score (nSPS) is 16.8. The Kier molecular flexibility index (Phi) is 3.66. The van der Waals surface area contributed by atoms with Crippen LogP contribution in [-0.4, -0.2) is 39.7 Å². The molecule has 0 bridgehead atoms. The highest BCUT2D eigenvalue weighted by Crippen LogP contribution is 2.21. The third-order valence-corrected chi connectivity index (χ3v) is 3.72. The van der Waals surface area contributed by atoms with Gasteiger partial charge in [0.1, 0.15) is 0 Å². The molecule has 3 rings (SSSR count). The van der Waals surface area contributed by atoms with Gasteiger partial charge in [-0.25, -0.2) is 4.79 Å². The fourth-order valence-corrected chi connectivity index (χ4v) is 2.62. The molecule has 2 aromatic rings. The number of likely N-dealkylation sites (N-methyl/N-ethyl adjacent to an activating group) is 1. The van der Waals surface area contributed by atoms with E-state index in [0.717, 1.165) is 11.1 Å². The lowest BCUT2D eigenvalue weighted by Crippen LogP contribution is -2.42. The summed E-state index contributed by atoms with van der Waals surface area (Å²) in [5.41, 5.74) is 2.33. The Morgan fingerprint density at radius 3 is 2.95 bits per heavy atom. The number of aromatic nitrogens is 2. The molecule has 0 spiro atoms. The lowest BCUT2D eigenvalue weighted by atomic mass is 9.98. The molecule has 22 heavy (non-hydrogen) atoms. The van der Waals surface area contributed by atoms with Gasteiger partial charge in [-0.3, -0.25) is 9.48 Å². The van der Waals surface area contributed by atoms with Crippen LogP contribution >= 0.6 is 0 Å². The van der Waals surface area contributed by atoms with E-state index in [0.29, 0.717) is 18.5 Å². The second-order valence-corrected chi connectivity index (χ2v) is 5.47. The van der Waals surface area contributed by atoms with Crippen molar-refractivity contribution in [3.05, 3.63) is 53.3 Å².